The van der Waals surface area contributed by atoms with Crippen LogP contribution in [0.5, 0.6) is 0 Å². The molecule has 7 atom stereocenters. The van der Waals surface area contributed by atoms with E-state index in [0.29, 0.717) is 23.0 Å². The Morgan fingerprint density at radius 3 is 1.59 bits per heavy atom. The minimum absolute atomic E-state index is 0.151. The van der Waals surface area contributed by atoms with Crippen LogP contribution in [0.1, 0.15) is 64.1 Å². The van der Waals surface area contributed by atoms with Crippen LogP contribution in [-0.2, 0) is 0 Å². The van der Waals surface area contributed by atoms with Crippen molar-refractivity contribution in [3.63, 3.8) is 0 Å². The zero-order valence-corrected chi connectivity index (χ0v) is 19.1. The minimum atomic E-state index is -1.40. The van der Waals surface area contributed by atoms with Gasteiger partial charge in [0.15, 0.2) is 0 Å². The van der Waals surface area contributed by atoms with Crippen LogP contribution in [0.25, 0.3) is 0 Å². The standard InChI is InChI=1S/C26H31F4NO/c1-13-14(2)16(4)25(5,15(13)3)26(32)12-23(17-6-19(27)10-20(28)7-17)24(31-26)18-8-21(29)11-22(30)9-18/h6-11,13-16,23-24,31-32H,12H2,1-5H3/t13?,14?,15?,16?,23-,24-,25?,26?/m0/s1. The van der Waals surface area contributed by atoms with Gasteiger partial charge in [-0.15, -0.1) is 0 Å². The van der Waals surface area contributed by atoms with E-state index in [4.69, 9.17) is 0 Å². The second kappa shape index (κ2) is 7.84. The average Bonchev–Trinajstić information content (AvgIpc) is 3.14. The van der Waals surface area contributed by atoms with Crippen LogP contribution in [0.2, 0.25) is 0 Å². The zero-order chi connectivity index (χ0) is 23.6. The van der Waals surface area contributed by atoms with Crippen LogP contribution >= 0.6 is 0 Å². The molecule has 0 aromatic heterocycles. The number of halogens is 4. The monoisotopic (exact) mass is 449 g/mol. The molecule has 2 aromatic carbocycles. The van der Waals surface area contributed by atoms with Crippen molar-refractivity contribution in [3.05, 3.63) is 70.8 Å². The molecule has 1 aliphatic heterocycles. The van der Waals surface area contributed by atoms with Gasteiger partial charge in [0, 0.05) is 29.5 Å². The first-order valence-corrected chi connectivity index (χ1v) is 11.3. The fourth-order valence-electron chi connectivity index (χ4n) is 6.57. The largest absolute Gasteiger partial charge is 0.375 e. The Hall–Kier alpha value is -1.92. The van der Waals surface area contributed by atoms with Gasteiger partial charge < -0.3 is 5.11 Å². The van der Waals surface area contributed by atoms with Crippen molar-refractivity contribution >= 4 is 0 Å². The molecule has 4 rings (SSSR count). The van der Waals surface area contributed by atoms with E-state index in [-0.39, 0.29) is 18.3 Å². The number of benzene rings is 2. The lowest BCUT2D eigenvalue weighted by atomic mass is 9.64. The first kappa shape index (κ1) is 23.2. The summed E-state index contributed by atoms with van der Waals surface area (Å²) in [5.74, 6) is -2.49. The summed E-state index contributed by atoms with van der Waals surface area (Å²) in [5.41, 5.74) is -1.30. The van der Waals surface area contributed by atoms with Gasteiger partial charge in [-0.1, -0.05) is 34.6 Å². The molecule has 2 aliphatic rings. The smallest absolute Gasteiger partial charge is 0.126 e. The lowest BCUT2D eigenvalue weighted by Crippen LogP contribution is -2.58. The lowest BCUT2D eigenvalue weighted by Gasteiger charge is -2.47. The summed E-state index contributed by atoms with van der Waals surface area (Å²) in [5, 5.41) is 15.4. The zero-order valence-electron chi connectivity index (χ0n) is 19.1. The molecule has 1 aliphatic carbocycles. The van der Waals surface area contributed by atoms with E-state index in [9.17, 15) is 22.7 Å². The highest BCUT2D eigenvalue weighted by Gasteiger charge is 2.64. The van der Waals surface area contributed by atoms with Crippen LogP contribution in [0.15, 0.2) is 36.4 Å². The Balaban J connectivity index is 1.84. The van der Waals surface area contributed by atoms with Crippen molar-refractivity contribution in [1.29, 1.82) is 0 Å². The van der Waals surface area contributed by atoms with Crippen molar-refractivity contribution in [3.8, 4) is 0 Å². The van der Waals surface area contributed by atoms with Gasteiger partial charge in [-0.05, 0) is 65.5 Å². The molecule has 2 fully saturated rings. The molecule has 2 aromatic rings. The maximum atomic E-state index is 14.1. The Morgan fingerprint density at radius 2 is 1.16 bits per heavy atom. The second-order valence-corrected chi connectivity index (χ2v) is 10.3. The first-order chi connectivity index (χ1) is 14.9. The summed E-state index contributed by atoms with van der Waals surface area (Å²) < 4.78 is 56.4. The molecule has 6 heteroatoms. The molecule has 32 heavy (non-hydrogen) atoms. The topological polar surface area (TPSA) is 32.3 Å². The summed E-state index contributed by atoms with van der Waals surface area (Å²) in [4.78, 5) is 0. The number of aliphatic hydroxyl groups is 1. The normalized spacial score (nSPS) is 39.6. The quantitative estimate of drug-likeness (QED) is 0.538. The maximum absolute atomic E-state index is 14.1. The average molecular weight is 450 g/mol. The van der Waals surface area contributed by atoms with E-state index >= 15 is 0 Å². The van der Waals surface area contributed by atoms with Crippen LogP contribution in [0, 0.1) is 52.4 Å². The summed E-state index contributed by atoms with van der Waals surface area (Å²) in [6.07, 6.45) is 0.170. The van der Waals surface area contributed by atoms with Gasteiger partial charge in [-0.25, -0.2) is 17.6 Å². The fourth-order valence-corrected chi connectivity index (χ4v) is 6.57. The van der Waals surface area contributed by atoms with Crippen molar-refractivity contribution in [1.82, 2.24) is 5.32 Å². The second-order valence-electron chi connectivity index (χ2n) is 10.3. The molecular weight excluding hydrogens is 418 g/mol. The van der Waals surface area contributed by atoms with Gasteiger partial charge in [-0.2, -0.15) is 0 Å². The van der Waals surface area contributed by atoms with Crippen LogP contribution in [-0.4, -0.2) is 10.8 Å². The number of hydrogen-bond acceptors (Lipinski definition) is 2. The molecule has 0 amide bonds. The molecule has 1 saturated carbocycles. The third kappa shape index (κ3) is 3.47. The molecule has 5 unspecified atom stereocenters. The molecule has 0 spiro atoms. The molecule has 1 heterocycles. The van der Waals surface area contributed by atoms with Gasteiger partial charge in [0.25, 0.3) is 0 Å². The Morgan fingerprint density at radius 1 is 0.750 bits per heavy atom. The SMILES string of the molecule is CC1C(C)C(C)C(C)(C2(O)C[C@@H](c3cc(F)cc(F)c3)[C@H](c3cc(F)cc(F)c3)N2)C1C. The Labute approximate surface area is 187 Å². The van der Waals surface area contributed by atoms with Crippen molar-refractivity contribution in [2.45, 2.75) is 58.7 Å². The molecule has 0 radical (unpaired) electrons. The Bertz CT molecular complexity index is 911. The first-order valence-electron chi connectivity index (χ1n) is 11.3. The van der Waals surface area contributed by atoms with E-state index in [2.05, 4.69) is 33.0 Å². The van der Waals surface area contributed by atoms with Gasteiger partial charge in [0.2, 0.25) is 0 Å². The van der Waals surface area contributed by atoms with Crippen molar-refractivity contribution in [2.75, 3.05) is 0 Å². The number of hydrogen-bond donors (Lipinski definition) is 2. The summed E-state index contributed by atoms with van der Waals surface area (Å²) in [6, 6.07) is 5.76. The fraction of sp³-hybridized carbons (Fsp3) is 0.538. The van der Waals surface area contributed by atoms with Crippen molar-refractivity contribution in [2.24, 2.45) is 29.1 Å². The van der Waals surface area contributed by atoms with E-state index < -0.39 is 46.4 Å². The number of nitrogens with one attached hydrogen (secondary N) is 1. The highest BCUT2D eigenvalue weighted by Crippen LogP contribution is 2.62. The molecule has 0 bridgehead atoms. The lowest BCUT2D eigenvalue weighted by molar-refractivity contribution is -0.132. The maximum Gasteiger partial charge on any atom is 0.126 e. The van der Waals surface area contributed by atoms with E-state index in [1.165, 1.54) is 24.3 Å². The van der Waals surface area contributed by atoms with E-state index in [0.717, 1.165) is 12.1 Å². The van der Waals surface area contributed by atoms with Gasteiger partial charge >= 0.3 is 0 Å². The van der Waals surface area contributed by atoms with Crippen LogP contribution in [0.4, 0.5) is 17.6 Å². The van der Waals surface area contributed by atoms with Crippen LogP contribution in [0.3, 0.4) is 0 Å². The summed E-state index contributed by atoms with van der Waals surface area (Å²) in [7, 11) is 0. The molecule has 2 nitrogen and oxygen atoms in total. The Kier molecular flexibility index (Phi) is 5.70. The molecule has 1 saturated heterocycles. The minimum Gasteiger partial charge on any atom is -0.375 e. The predicted octanol–water partition coefficient (Wildman–Crippen LogP) is 6.31. The number of rotatable bonds is 3. The summed E-state index contributed by atoms with van der Waals surface area (Å²) >= 11 is 0. The van der Waals surface area contributed by atoms with Crippen molar-refractivity contribution < 1.29 is 22.7 Å². The third-order valence-corrected chi connectivity index (χ3v) is 9.06. The van der Waals surface area contributed by atoms with Gasteiger partial charge in [0.05, 0.1) is 0 Å². The van der Waals surface area contributed by atoms with Gasteiger partial charge in [0.1, 0.15) is 29.0 Å². The highest BCUT2D eigenvalue weighted by molar-refractivity contribution is 5.34. The van der Waals surface area contributed by atoms with E-state index in [1.807, 2.05) is 6.92 Å². The predicted molar refractivity (Wildman–Crippen MR) is 116 cm³/mol. The van der Waals surface area contributed by atoms with Crippen LogP contribution < -0.4 is 5.32 Å². The highest BCUT2D eigenvalue weighted by atomic mass is 19.1. The molecule has 174 valence electrons. The van der Waals surface area contributed by atoms with E-state index in [1.54, 1.807) is 0 Å². The molecular formula is C26H31F4NO. The summed E-state index contributed by atoms with van der Waals surface area (Å²) in [6.45, 7) is 10.6. The van der Waals surface area contributed by atoms with Gasteiger partial charge in [-0.3, -0.25) is 5.32 Å². The third-order valence-electron chi connectivity index (χ3n) is 9.06. The molecule has 2 N–H and O–H groups in total.